The summed E-state index contributed by atoms with van der Waals surface area (Å²) in [6.45, 7) is 22.8. The summed E-state index contributed by atoms with van der Waals surface area (Å²) >= 11 is 2.22. The van der Waals surface area contributed by atoms with Gasteiger partial charge in [0.25, 0.3) is 0 Å². The van der Waals surface area contributed by atoms with Gasteiger partial charge in [-0.2, -0.15) is 0 Å². The number of hydrogen-bond acceptors (Lipinski definition) is 10. The summed E-state index contributed by atoms with van der Waals surface area (Å²) in [5.41, 5.74) is -3.58. The maximum atomic E-state index is 14.4. The van der Waals surface area contributed by atoms with Crippen LogP contribution in [-0.2, 0) is 36.7 Å². The molecule has 0 unspecified atom stereocenters. The molecule has 0 spiro atoms. The van der Waals surface area contributed by atoms with Gasteiger partial charge in [0.1, 0.15) is 28.1 Å². The fraction of sp³-hybridized carbons (Fsp3) is 0.595. The summed E-state index contributed by atoms with van der Waals surface area (Å²) in [6, 6.07) is 15.1. The van der Waals surface area contributed by atoms with Gasteiger partial charge in [-0.3, -0.25) is 5.32 Å². The first-order valence-corrected chi connectivity index (χ1v) is 19.9. The second-order valence-corrected chi connectivity index (χ2v) is 18.9. The Hall–Kier alpha value is -4.08. The number of amides is 3. The number of halogens is 1. The Morgan fingerprint density at radius 3 is 1.75 bits per heavy atom. The molecule has 0 aliphatic rings. The SMILES string of the molecule is CCOC(=O)[C@@](C[C@@H](Cc1ccc(I)cc1)CN(C(=O)OC(C)(C)C)C(=NCc1ccc(OC)cc1)NC(=O)OC(C)(C)C)(NC(=O)OC(C)(C)C)C(C)(C)C. The van der Waals surface area contributed by atoms with Crippen LogP contribution >= 0.6 is 22.6 Å². The Balaban J connectivity index is 2.89. The number of guanidine groups is 1. The number of nitrogens with zero attached hydrogens (tertiary/aromatic N) is 2. The lowest BCUT2D eigenvalue weighted by Gasteiger charge is -2.45. The van der Waals surface area contributed by atoms with Gasteiger partial charge in [-0.1, -0.05) is 45.0 Å². The van der Waals surface area contributed by atoms with Crippen molar-refractivity contribution in [1.82, 2.24) is 15.5 Å². The van der Waals surface area contributed by atoms with Gasteiger partial charge < -0.3 is 29.0 Å². The van der Waals surface area contributed by atoms with Gasteiger partial charge in [-0.25, -0.2) is 29.1 Å². The van der Waals surface area contributed by atoms with Crippen LogP contribution in [0.1, 0.15) is 108 Å². The fourth-order valence-electron chi connectivity index (χ4n) is 5.61. The molecule has 0 radical (unpaired) electrons. The van der Waals surface area contributed by atoms with Crippen LogP contribution in [0, 0.1) is 14.9 Å². The molecule has 2 atom stereocenters. The summed E-state index contributed by atoms with van der Waals surface area (Å²) in [7, 11) is 1.57. The molecule has 0 heterocycles. The smallest absolute Gasteiger partial charge is 0.417 e. The lowest BCUT2D eigenvalue weighted by Crippen LogP contribution is -2.65. The van der Waals surface area contributed by atoms with E-state index in [2.05, 4.69) is 33.2 Å². The van der Waals surface area contributed by atoms with E-state index in [-0.39, 0.29) is 32.1 Å². The lowest BCUT2D eigenvalue weighted by atomic mass is 9.68. The van der Waals surface area contributed by atoms with Crippen molar-refractivity contribution in [3.8, 4) is 5.75 Å². The first-order chi connectivity index (χ1) is 25.7. The Morgan fingerprint density at radius 1 is 0.750 bits per heavy atom. The molecule has 2 aromatic carbocycles. The fourth-order valence-corrected chi connectivity index (χ4v) is 5.97. The van der Waals surface area contributed by atoms with E-state index in [1.165, 1.54) is 4.90 Å². The Morgan fingerprint density at radius 2 is 1.27 bits per heavy atom. The number of carbonyl (C=O) groups is 4. The second-order valence-electron chi connectivity index (χ2n) is 17.6. The van der Waals surface area contributed by atoms with Crippen LogP contribution in [0.25, 0.3) is 0 Å². The van der Waals surface area contributed by atoms with Gasteiger partial charge in [0, 0.05) is 10.1 Å². The molecular formula is C42H63IN4O9. The van der Waals surface area contributed by atoms with Crippen LogP contribution in [-0.4, -0.2) is 77.7 Å². The number of ether oxygens (including phenoxy) is 5. The van der Waals surface area contributed by atoms with E-state index in [1.807, 2.05) is 57.2 Å². The molecule has 2 N–H and O–H groups in total. The van der Waals surface area contributed by atoms with Crippen LogP contribution in [0.4, 0.5) is 14.4 Å². The minimum absolute atomic E-state index is 0.0158. The molecular weight excluding hydrogens is 831 g/mol. The van der Waals surface area contributed by atoms with E-state index in [9.17, 15) is 19.2 Å². The zero-order valence-electron chi connectivity index (χ0n) is 35.7. The number of nitrogens with one attached hydrogen (secondary N) is 2. The number of aliphatic imine (C=N–C) groups is 1. The van der Waals surface area contributed by atoms with Crippen molar-refractivity contribution in [3.63, 3.8) is 0 Å². The summed E-state index contributed by atoms with van der Waals surface area (Å²) in [5.74, 6) is -0.722. The van der Waals surface area contributed by atoms with E-state index >= 15 is 0 Å². The largest absolute Gasteiger partial charge is 0.497 e. The number of alkyl carbamates (subject to hydrolysis) is 2. The van der Waals surface area contributed by atoms with Crippen molar-refractivity contribution < 1.29 is 42.9 Å². The highest BCUT2D eigenvalue weighted by Crippen LogP contribution is 2.39. The van der Waals surface area contributed by atoms with E-state index in [0.29, 0.717) is 12.2 Å². The van der Waals surface area contributed by atoms with Crippen molar-refractivity contribution in [2.75, 3.05) is 20.3 Å². The number of esters is 1. The molecule has 0 fully saturated rings. The maximum Gasteiger partial charge on any atom is 0.417 e. The number of rotatable bonds is 12. The highest BCUT2D eigenvalue weighted by molar-refractivity contribution is 14.1. The summed E-state index contributed by atoms with van der Waals surface area (Å²) in [4.78, 5) is 61.6. The van der Waals surface area contributed by atoms with Crippen molar-refractivity contribution >= 4 is 52.8 Å². The summed E-state index contributed by atoms with van der Waals surface area (Å²) < 4.78 is 29.2. The maximum absolute atomic E-state index is 14.4. The third kappa shape index (κ3) is 16.2. The first-order valence-electron chi connectivity index (χ1n) is 18.8. The van der Waals surface area contributed by atoms with E-state index in [0.717, 1.165) is 14.7 Å². The Labute approximate surface area is 347 Å². The standard InChI is InChI=1S/C42H63IN4O9/c1-15-53-33(48)42(38(2,3)4,46-36(50)55-40(8,9)10)25-30(24-28-16-20-31(43)21-17-28)27-47(37(51)56-41(11,12)13)34(45-35(49)54-39(5,6)7)44-26-29-18-22-32(52-14)23-19-29/h16-23,30H,15,24-27H2,1-14H3,(H,46,50)(H,44,45,49)/t30-,42-/m1/s1. The minimum atomic E-state index is -1.65. The molecule has 0 aliphatic carbocycles. The van der Waals surface area contributed by atoms with Crippen LogP contribution in [0.5, 0.6) is 5.75 Å². The Kier molecular flexibility index (Phi) is 17.1. The topological polar surface area (TPSA) is 154 Å². The van der Waals surface area contributed by atoms with Gasteiger partial charge in [0.05, 0.1) is 20.3 Å². The van der Waals surface area contributed by atoms with Crippen LogP contribution in [0.3, 0.4) is 0 Å². The lowest BCUT2D eigenvalue weighted by molar-refractivity contribution is -0.158. The van der Waals surface area contributed by atoms with E-state index in [1.54, 1.807) is 88.5 Å². The first kappa shape index (κ1) is 48.1. The monoisotopic (exact) mass is 894 g/mol. The van der Waals surface area contributed by atoms with Crippen molar-refractivity contribution in [2.45, 2.75) is 132 Å². The van der Waals surface area contributed by atoms with E-state index < -0.39 is 57.9 Å². The second kappa shape index (κ2) is 19.9. The molecule has 2 aromatic rings. The number of benzene rings is 2. The molecule has 2 rings (SSSR count). The van der Waals surface area contributed by atoms with E-state index in [4.69, 9.17) is 28.7 Å². The Bertz CT molecular complexity index is 1650. The van der Waals surface area contributed by atoms with Gasteiger partial charge in [-0.15, -0.1) is 0 Å². The number of hydrogen-bond donors (Lipinski definition) is 2. The highest BCUT2D eigenvalue weighted by Gasteiger charge is 2.53. The van der Waals surface area contributed by atoms with Gasteiger partial charge in [0.2, 0.25) is 5.96 Å². The molecule has 56 heavy (non-hydrogen) atoms. The van der Waals surface area contributed by atoms with Crippen LogP contribution in [0.15, 0.2) is 53.5 Å². The van der Waals surface area contributed by atoms with Gasteiger partial charge >= 0.3 is 24.2 Å². The molecule has 0 saturated heterocycles. The molecule has 14 heteroatoms. The molecule has 0 aromatic heterocycles. The van der Waals surface area contributed by atoms with Gasteiger partial charge in [-0.05, 0) is 151 Å². The third-order valence-corrected chi connectivity index (χ3v) is 8.86. The number of carbonyl (C=O) groups excluding carboxylic acids is 4. The van der Waals surface area contributed by atoms with Crippen LogP contribution < -0.4 is 15.4 Å². The van der Waals surface area contributed by atoms with Crippen molar-refractivity contribution in [1.29, 1.82) is 0 Å². The zero-order chi connectivity index (χ0) is 42.7. The highest BCUT2D eigenvalue weighted by atomic mass is 127. The minimum Gasteiger partial charge on any atom is -0.497 e. The molecule has 13 nitrogen and oxygen atoms in total. The third-order valence-electron chi connectivity index (χ3n) is 8.14. The molecule has 312 valence electrons. The van der Waals surface area contributed by atoms with Gasteiger partial charge in [0.15, 0.2) is 0 Å². The molecule has 3 amide bonds. The normalized spacial score (nSPS) is 14.1. The quantitative estimate of drug-likeness (QED) is 0.0699. The average Bonchev–Trinajstić information content (AvgIpc) is 3.03. The zero-order valence-corrected chi connectivity index (χ0v) is 37.8. The summed E-state index contributed by atoms with van der Waals surface area (Å²) in [6.07, 6.45) is -2.12. The van der Waals surface area contributed by atoms with Crippen molar-refractivity contribution in [2.24, 2.45) is 16.3 Å². The van der Waals surface area contributed by atoms with Crippen LogP contribution in [0.2, 0.25) is 0 Å². The predicted octanol–water partition coefficient (Wildman–Crippen LogP) is 9.04. The number of methoxy groups -OCH3 is 1. The average molecular weight is 895 g/mol. The predicted molar refractivity (Wildman–Crippen MR) is 226 cm³/mol. The van der Waals surface area contributed by atoms with Crippen molar-refractivity contribution in [3.05, 3.63) is 63.2 Å². The summed E-state index contributed by atoms with van der Waals surface area (Å²) in [5, 5.41) is 5.63. The molecule has 0 saturated carbocycles. The molecule has 0 aliphatic heterocycles. The molecule has 0 bridgehead atoms.